The zero-order chi connectivity index (χ0) is 30.8. The first-order chi connectivity index (χ1) is 20.5. The highest BCUT2D eigenvalue weighted by Gasteiger charge is 2.46. The fraction of sp³-hybridized carbons (Fsp3) is 0.433. The number of ether oxygens (including phenoxy) is 1. The minimum absolute atomic E-state index is 0.00398. The van der Waals surface area contributed by atoms with Crippen LogP contribution < -0.4 is 16.6 Å². The number of halogens is 1. The number of carboxylic acid groups (broad SMARTS) is 1. The summed E-state index contributed by atoms with van der Waals surface area (Å²) in [5, 5.41) is 24.2. The van der Waals surface area contributed by atoms with Gasteiger partial charge in [0, 0.05) is 35.7 Å². The van der Waals surface area contributed by atoms with Gasteiger partial charge in [0.15, 0.2) is 5.60 Å². The summed E-state index contributed by atoms with van der Waals surface area (Å²) >= 11 is 0. The molecule has 0 bridgehead atoms. The fourth-order valence-electron chi connectivity index (χ4n) is 6.73. The van der Waals surface area contributed by atoms with Crippen LogP contribution in [0.4, 0.5) is 4.39 Å². The van der Waals surface area contributed by atoms with Crippen LogP contribution in [-0.4, -0.2) is 68.7 Å². The van der Waals surface area contributed by atoms with Gasteiger partial charge >= 0.3 is 11.9 Å². The highest BCUT2D eigenvalue weighted by molar-refractivity contribution is 5.94. The number of nitrogens with one attached hydrogen (secondary N) is 1. The summed E-state index contributed by atoms with van der Waals surface area (Å²) in [6, 6.07) is 2.42. The minimum atomic E-state index is -1.99. The first-order valence-corrected chi connectivity index (χ1v) is 14.2. The maximum atomic E-state index is 15.1. The number of nitrogens with zero attached hydrogens (tertiary/aromatic N) is 3. The first kappa shape index (κ1) is 28.9. The SMILES string of the molecule is CC[C@@]1(O)C(=O)OCc2c1cc1n(c2=O)Cc2c-1nc1cc(F)c(C)c3c1c2[C@@H](NC(=O)CN(CCN)CC(=O)O)CC3. The number of carbonyl (C=O) groups is 3. The van der Waals surface area contributed by atoms with Gasteiger partial charge in [-0.1, -0.05) is 6.92 Å². The Labute approximate surface area is 245 Å². The largest absolute Gasteiger partial charge is 0.480 e. The number of carboxylic acids is 1. The summed E-state index contributed by atoms with van der Waals surface area (Å²) in [4.78, 5) is 57.1. The van der Waals surface area contributed by atoms with E-state index in [0.29, 0.717) is 46.3 Å². The van der Waals surface area contributed by atoms with E-state index < -0.39 is 40.9 Å². The molecule has 0 saturated heterocycles. The number of cyclic esters (lactones) is 1. The molecule has 13 heteroatoms. The molecule has 2 aliphatic heterocycles. The molecule has 6 rings (SSSR count). The Morgan fingerprint density at radius 2 is 2.02 bits per heavy atom. The lowest BCUT2D eigenvalue weighted by atomic mass is 9.81. The monoisotopic (exact) mass is 593 g/mol. The normalized spacial score (nSPS) is 20.0. The topological polar surface area (TPSA) is 177 Å². The van der Waals surface area contributed by atoms with Crippen molar-refractivity contribution < 1.29 is 33.7 Å². The Hall–Kier alpha value is -4.20. The number of aliphatic hydroxyl groups is 1. The highest BCUT2D eigenvalue weighted by Crippen LogP contribution is 2.45. The molecule has 3 aliphatic rings. The van der Waals surface area contributed by atoms with E-state index in [0.717, 1.165) is 11.1 Å². The van der Waals surface area contributed by atoms with Crippen molar-refractivity contribution >= 4 is 28.7 Å². The second-order valence-corrected chi connectivity index (χ2v) is 11.4. The van der Waals surface area contributed by atoms with Crippen molar-refractivity contribution in [3.05, 3.63) is 61.7 Å². The molecule has 2 aromatic heterocycles. The summed E-state index contributed by atoms with van der Waals surface area (Å²) in [5.41, 5.74) is 7.38. The lowest BCUT2D eigenvalue weighted by molar-refractivity contribution is -0.172. The average Bonchev–Trinajstić information content (AvgIpc) is 3.33. The van der Waals surface area contributed by atoms with Crippen molar-refractivity contribution in [2.45, 2.75) is 57.9 Å². The van der Waals surface area contributed by atoms with Crippen LogP contribution in [0.15, 0.2) is 16.9 Å². The van der Waals surface area contributed by atoms with Crippen LogP contribution in [0.1, 0.15) is 59.2 Å². The number of aryl methyl sites for hydroxylation is 1. The van der Waals surface area contributed by atoms with Crippen LogP contribution in [0.5, 0.6) is 0 Å². The van der Waals surface area contributed by atoms with E-state index >= 15 is 4.39 Å². The van der Waals surface area contributed by atoms with E-state index in [2.05, 4.69) is 5.32 Å². The van der Waals surface area contributed by atoms with Crippen LogP contribution in [0.2, 0.25) is 0 Å². The second-order valence-electron chi connectivity index (χ2n) is 11.4. The molecule has 1 amide bonds. The number of esters is 1. The number of aliphatic carboxylic acids is 1. The Morgan fingerprint density at radius 3 is 2.72 bits per heavy atom. The molecule has 0 unspecified atom stereocenters. The molecule has 0 fully saturated rings. The lowest BCUT2D eigenvalue weighted by Gasteiger charge is -2.31. The Balaban J connectivity index is 1.50. The van der Waals surface area contributed by atoms with Gasteiger partial charge < -0.3 is 30.6 Å². The van der Waals surface area contributed by atoms with Crippen LogP contribution in [0.25, 0.3) is 22.3 Å². The molecule has 1 aromatic carbocycles. The van der Waals surface area contributed by atoms with Crippen LogP contribution in [0, 0.1) is 12.7 Å². The van der Waals surface area contributed by atoms with Crippen molar-refractivity contribution in [1.29, 1.82) is 0 Å². The number of rotatable bonds is 8. The van der Waals surface area contributed by atoms with Crippen molar-refractivity contribution in [3.63, 3.8) is 0 Å². The van der Waals surface area contributed by atoms with Crippen molar-refractivity contribution in [2.24, 2.45) is 5.73 Å². The number of nitrogens with two attached hydrogens (primary N) is 1. The zero-order valence-corrected chi connectivity index (χ0v) is 23.8. The molecule has 1 aliphatic carbocycles. The molecule has 5 N–H and O–H groups in total. The predicted octanol–water partition coefficient (Wildman–Crippen LogP) is 0.976. The van der Waals surface area contributed by atoms with Gasteiger partial charge in [-0.15, -0.1) is 0 Å². The number of hydrogen-bond acceptors (Lipinski definition) is 9. The third kappa shape index (κ3) is 4.50. The van der Waals surface area contributed by atoms with E-state index in [4.69, 9.17) is 15.5 Å². The smallest absolute Gasteiger partial charge is 0.343 e. The minimum Gasteiger partial charge on any atom is -0.480 e. The second kappa shape index (κ2) is 10.5. The molecular weight excluding hydrogens is 561 g/mol. The zero-order valence-electron chi connectivity index (χ0n) is 23.8. The quantitative estimate of drug-likeness (QED) is 0.215. The number of hydrogen-bond donors (Lipinski definition) is 4. The van der Waals surface area contributed by atoms with Gasteiger partial charge in [0.25, 0.3) is 5.56 Å². The first-order valence-electron chi connectivity index (χ1n) is 14.2. The van der Waals surface area contributed by atoms with Crippen molar-refractivity contribution in [2.75, 3.05) is 26.2 Å². The van der Waals surface area contributed by atoms with Gasteiger partial charge in [0.05, 0.1) is 48.1 Å². The standard InChI is InChI=1S/C30H32FN5O7/c1-3-30(42)18-8-22-27-16(10-36(22)28(40)17(18)13-43-29(30)41)26-20(33-23(37)11-35(7-6-32)12-24(38)39)5-4-15-14(2)19(31)9-21(34-27)25(15)26/h8-9,20,42H,3-7,10-13,32H2,1-2H3,(H,33,37)(H,38,39)/t20-,30-/m0/s1. The van der Waals surface area contributed by atoms with Crippen molar-refractivity contribution in [3.8, 4) is 11.4 Å². The molecular formula is C30H32FN5O7. The van der Waals surface area contributed by atoms with E-state index in [1.807, 2.05) is 0 Å². The van der Waals surface area contributed by atoms with Gasteiger partial charge in [0.1, 0.15) is 12.4 Å². The maximum absolute atomic E-state index is 15.1. The van der Waals surface area contributed by atoms with Gasteiger partial charge in [0.2, 0.25) is 5.91 Å². The van der Waals surface area contributed by atoms with E-state index in [1.165, 1.54) is 15.5 Å². The van der Waals surface area contributed by atoms with Gasteiger partial charge in [-0.25, -0.2) is 14.2 Å². The number of pyridine rings is 2. The Kier molecular flexibility index (Phi) is 7.06. The molecule has 0 spiro atoms. The summed E-state index contributed by atoms with van der Waals surface area (Å²) in [6.45, 7) is 3.06. The average molecular weight is 594 g/mol. The molecule has 0 saturated carbocycles. The third-order valence-electron chi connectivity index (χ3n) is 8.88. The van der Waals surface area contributed by atoms with E-state index in [1.54, 1.807) is 19.9 Å². The molecule has 4 heterocycles. The van der Waals surface area contributed by atoms with Crippen LogP contribution >= 0.6 is 0 Å². The summed E-state index contributed by atoms with van der Waals surface area (Å²) in [7, 11) is 0. The lowest BCUT2D eigenvalue weighted by Crippen LogP contribution is -2.44. The van der Waals surface area contributed by atoms with Crippen LogP contribution in [-0.2, 0) is 44.3 Å². The highest BCUT2D eigenvalue weighted by atomic mass is 19.1. The fourth-order valence-corrected chi connectivity index (χ4v) is 6.73. The van der Waals surface area contributed by atoms with E-state index in [9.17, 15) is 29.4 Å². The predicted molar refractivity (Wildman–Crippen MR) is 152 cm³/mol. The summed E-state index contributed by atoms with van der Waals surface area (Å²) in [6.07, 6.45) is 0.921. The molecule has 12 nitrogen and oxygen atoms in total. The number of benzene rings is 1. The van der Waals surface area contributed by atoms with E-state index in [-0.39, 0.29) is 56.9 Å². The molecule has 226 valence electrons. The summed E-state index contributed by atoms with van der Waals surface area (Å²) in [5.74, 6) is -2.72. The number of aromatic nitrogens is 2. The molecule has 2 atom stereocenters. The molecule has 0 radical (unpaired) electrons. The van der Waals surface area contributed by atoms with Crippen molar-refractivity contribution in [1.82, 2.24) is 19.8 Å². The van der Waals surface area contributed by atoms with Gasteiger partial charge in [-0.05, 0) is 48.9 Å². The number of amides is 1. The molecule has 3 aromatic rings. The van der Waals surface area contributed by atoms with Crippen LogP contribution in [0.3, 0.4) is 0 Å². The van der Waals surface area contributed by atoms with Gasteiger partial charge in [-0.2, -0.15) is 0 Å². The Morgan fingerprint density at radius 1 is 1.26 bits per heavy atom. The molecule has 43 heavy (non-hydrogen) atoms. The number of carbonyl (C=O) groups excluding carboxylic acids is 2. The maximum Gasteiger partial charge on any atom is 0.343 e. The Bertz CT molecular complexity index is 1790. The third-order valence-corrected chi connectivity index (χ3v) is 8.88. The van der Waals surface area contributed by atoms with Gasteiger partial charge in [-0.3, -0.25) is 19.3 Å². The summed E-state index contributed by atoms with van der Waals surface area (Å²) < 4.78 is 21.8. The number of fused-ring (bicyclic) bond motifs is 5.